The maximum atomic E-state index is 4.53. The van der Waals surface area contributed by atoms with Gasteiger partial charge < -0.3 is 9.47 Å². The quantitative estimate of drug-likeness (QED) is 0.821. The van der Waals surface area contributed by atoms with Crippen LogP contribution in [0.4, 0.5) is 0 Å². The Morgan fingerprint density at radius 1 is 1.00 bits per heavy atom. The van der Waals surface area contributed by atoms with E-state index in [1.807, 2.05) is 6.20 Å². The Balaban J connectivity index is 1.59. The van der Waals surface area contributed by atoms with Crippen LogP contribution in [-0.2, 0) is 13.0 Å². The van der Waals surface area contributed by atoms with Crippen LogP contribution in [0.3, 0.4) is 0 Å². The molecule has 112 valence electrons. The van der Waals surface area contributed by atoms with Crippen LogP contribution >= 0.6 is 15.9 Å². The fraction of sp³-hybridized carbons (Fsp3) is 0.471. The van der Waals surface area contributed by atoms with Gasteiger partial charge in [-0.2, -0.15) is 0 Å². The van der Waals surface area contributed by atoms with E-state index < -0.39 is 0 Å². The Morgan fingerprint density at radius 3 is 2.52 bits per heavy atom. The van der Waals surface area contributed by atoms with Crippen molar-refractivity contribution >= 4 is 15.9 Å². The van der Waals surface area contributed by atoms with Gasteiger partial charge in [0.1, 0.15) is 5.82 Å². The molecule has 1 aromatic carbocycles. The number of halogens is 1. The van der Waals surface area contributed by atoms with Crippen LogP contribution in [0.15, 0.2) is 41.1 Å². The van der Waals surface area contributed by atoms with Crippen LogP contribution in [0.25, 0.3) is 0 Å². The third-order valence-electron chi connectivity index (χ3n) is 4.18. The van der Waals surface area contributed by atoms with Crippen LogP contribution in [0, 0.1) is 0 Å². The molecule has 0 unspecified atom stereocenters. The van der Waals surface area contributed by atoms with Crippen molar-refractivity contribution < 1.29 is 0 Å². The number of hydrogen-bond donors (Lipinski definition) is 0. The molecule has 1 aromatic heterocycles. The molecule has 1 fully saturated rings. The first-order valence-electron chi connectivity index (χ1n) is 7.78. The summed E-state index contributed by atoms with van der Waals surface area (Å²) in [6, 6.07) is 8.51. The predicted octanol–water partition coefficient (Wildman–Crippen LogP) is 3.72. The van der Waals surface area contributed by atoms with Crippen LogP contribution in [0.2, 0.25) is 0 Å². The van der Waals surface area contributed by atoms with Crippen molar-refractivity contribution in [3.05, 3.63) is 52.5 Å². The van der Waals surface area contributed by atoms with Crippen molar-refractivity contribution in [1.29, 1.82) is 0 Å². The van der Waals surface area contributed by atoms with E-state index in [4.69, 9.17) is 0 Å². The second kappa shape index (κ2) is 7.23. The zero-order valence-corrected chi connectivity index (χ0v) is 13.9. The smallest absolute Gasteiger partial charge is 0.113 e. The lowest BCUT2D eigenvalue weighted by Gasteiger charge is -2.26. The molecule has 0 N–H and O–H groups in total. The van der Waals surface area contributed by atoms with Gasteiger partial charge in [0.05, 0.1) is 0 Å². The van der Waals surface area contributed by atoms with E-state index in [1.165, 1.54) is 37.9 Å². The Hall–Kier alpha value is -1.13. The summed E-state index contributed by atoms with van der Waals surface area (Å²) < 4.78 is 3.43. The van der Waals surface area contributed by atoms with Gasteiger partial charge in [0.2, 0.25) is 0 Å². The average Bonchev–Trinajstić information content (AvgIpc) is 2.96. The van der Waals surface area contributed by atoms with E-state index in [0.29, 0.717) is 0 Å². The van der Waals surface area contributed by atoms with Gasteiger partial charge in [0.15, 0.2) is 0 Å². The molecule has 2 aromatic rings. The molecule has 1 saturated heterocycles. The zero-order chi connectivity index (χ0) is 14.5. The molecule has 3 nitrogen and oxygen atoms in total. The number of rotatable bonds is 5. The number of hydrogen-bond acceptors (Lipinski definition) is 2. The molecule has 1 aliphatic heterocycles. The van der Waals surface area contributed by atoms with Crippen LogP contribution < -0.4 is 0 Å². The zero-order valence-electron chi connectivity index (χ0n) is 12.3. The normalized spacial score (nSPS) is 16.2. The van der Waals surface area contributed by atoms with Gasteiger partial charge in [-0.05, 0) is 43.6 Å². The van der Waals surface area contributed by atoms with Crippen LogP contribution in [-0.4, -0.2) is 34.1 Å². The van der Waals surface area contributed by atoms with Gasteiger partial charge in [-0.25, -0.2) is 4.98 Å². The highest BCUT2D eigenvalue weighted by molar-refractivity contribution is 9.10. The highest BCUT2D eigenvalue weighted by atomic mass is 79.9. The lowest BCUT2D eigenvalue weighted by atomic mass is 10.1. The van der Waals surface area contributed by atoms with E-state index in [2.05, 4.69) is 60.8 Å². The molecule has 1 aliphatic rings. The van der Waals surface area contributed by atoms with Gasteiger partial charge in [-0.15, -0.1) is 0 Å². The van der Waals surface area contributed by atoms with Gasteiger partial charge in [-0.3, -0.25) is 0 Å². The van der Waals surface area contributed by atoms with E-state index >= 15 is 0 Å². The molecule has 0 atom stereocenters. The van der Waals surface area contributed by atoms with Crippen LogP contribution in [0.5, 0.6) is 0 Å². The topological polar surface area (TPSA) is 21.1 Å². The molecule has 0 radical (unpaired) electrons. The third kappa shape index (κ3) is 4.17. The van der Waals surface area contributed by atoms with Crippen LogP contribution in [0.1, 0.15) is 30.7 Å². The number of imidazole rings is 1. The molecule has 21 heavy (non-hydrogen) atoms. The summed E-state index contributed by atoms with van der Waals surface area (Å²) in [5, 5.41) is 0. The summed E-state index contributed by atoms with van der Waals surface area (Å²) in [6.07, 6.45) is 9.05. The Labute approximate surface area is 135 Å². The Bertz CT molecular complexity index is 556. The van der Waals surface area contributed by atoms with E-state index in [0.717, 1.165) is 29.8 Å². The molecule has 4 heteroatoms. The molecule has 0 aliphatic carbocycles. The summed E-state index contributed by atoms with van der Waals surface area (Å²) in [4.78, 5) is 7.11. The first-order valence-corrected chi connectivity index (χ1v) is 8.57. The minimum absolute atomic E-state index is 0.903. The molecule has 3 rings (SSSR count). The van der Waals surface area contributed by atoms with Gasteiger partial charge in [0, 0.05) is 36.4 Å². The molecular formula is C17H22BrN3. The Morgan fingerprint density at radius 2 is 1.76 bits per heavy atom. The van der Waals surface area contributed by atoms with Gasteiger partial charge in [0.25, 0.3) is 0 Å². The largest absolute Gasteiger partial charge is 0.333 e. The summed E-state index contributed by atoms with van der Waals surface area (Å²) >= 11 is 3.48. The highest BCUT2D eigenvalue weighted by Crippen LogP contribution is 2.14. The van der Waals surface area contributed by atoms with E-state index in [9.17, 15) is 0 Å². The molecule has 0 bridgehead atoms. The SMILES string of the molecule is Brc1ccc(Cc2nccn2CCN2CCCCC2)cc1. The second-order valence-electron chi connectivity index (χ2n) is 5.74. The summed E-state index contributed by atoms with van der Waals surface area (Å²) in [7, 11) is 0. The molecular weight excluding hydrogens is 326 g/mol. The fourth-order valence-electron chi connectivity index (χ4n) is 2.93. The molecule has 0 saturated carbocycles. The van der Waals surface area contributed by atoms with E-state index in [-0.39, 0.29) is 0 Å². The number of benzene rings is 1. The lowest BCUT2D eigenvalue weighted by molar-refractivity contribution is 0.220. The minimum atomic E-state index is 0.903. The van der Waals surface area contributed by atoms with Crippen molar-refractivity contribution in [2.45, 2.75) is 32.2 Å². The summed E-state index contributed by atoms with van der Waals surface area (Å²) in [5.41, 5.74) is 1.31. The molecule has 0 spiro atoms. The second-order valence-corrected chi connectivity index (χ2v) is 6.66. The van der Waals surface area contributed by atoms with Crippen molar-refractivity contribution in [3.63, 3.8) is 0 Å². The number of likely N-dealkylation sites (tertiary alicyclic amines) is 1. The third-order valence-corrected chi connectivity index (χ3v) is 4.71. The minimum Gasteiger partial charge on any atom is -0.333 e. The molecule has 2 heterocycles. The lowest BCUT2D eigenvalue weighted by Crippen LogP contribution is -2.32. The van der Waals surface area contributed by atoms with Crippen molar-refractivity contribution in [2.24, 2.45) is 0 Å². The van der Waals surface area contributed by atoms with Crippen molar-refractivity contribution in [1.82, 2.24) is 14.5 Å². The average molecular weight is 348 g/mol. The number of piperidine rings is 1. The number of aromatic nitrogens is 2. The number of nitrogens with zero attached hydrogens (tertiary/aromatic N) is 3. The summed E-state index contributed by atoms with van der Waals surface area (Å²) in [5.74, 6) is 1.16. The van der Waals surface area contributed by atoms with Crippen molar-refractivity contribution in [2.75, 3.05) is 19.6 Å². The highest BCUT2D eigenvalue weighted by Gasteiger charge is 2.11. The molecule has 0 amide bonds. The maximum Gasteiger partial charge on any atom is 0.113 e. The first kappa shape index (κ1) is 14.8. The predicted molar refractivity (Wildman–Crippen MR) is 89.5 cm³/mol. The maximum absolute atomic E-state index is 4.53. The fourth-order valence-corrected chi connectivity index (χ4v) is 3.19. The monoisotopic (exact) mass is 347 g/mol. The van der Waals surface area contributed by atoms with Gasteiger partial charge in [-0.1, -0.05) is 34.5 Å². The Kier molecular flexibility index (Phi) is 5.09. The van der Waals surface area contributed by atoms with Crippen molar-refractivity contribution in [3.8, 4) is 0 Å². The summed E-state index contributed by atoms with van der Waals surface area (Å²) in [6.45, 7) is 4.71. The first-order chi connectivity index (χ1) is 10.3. The standard InChI is InChI=1S/C17H22BrN3/c18-16-6-4-15(5-7-16)14-17-19-8-11-21(17)13-12-20-9-2-1-3-10-20/h4-8,11H,1-3,9-10,12-14H2. The van der Waals surface area contributed by atoms with Gasteiger partial charge >= 0.3 is 0 Å². The van der Waals surface area contributed by atoms with E-state index in [1.54, 1.807) is 0 Å².